The number of hydrogen-bond acceptors (Lipinski definition) is 6. The van der Waals surface area contributed by atoms with Crippen molar-refractivity contribution in [1.82, 2.24) is 15.3 Å². The first kappa shape index (κ1) is 16.7. The van der Waals surface area contributed by atoms with Gasteiger partial charge in [0.15, 0.2) is 5.82 Å². The zero-order chi connectivity index (χ0) is 16.8. The molecule has 0 aliphatic carbocycles. The summed E-state index contributed by atoms with van der Waals surface area (Å²) in [4.78, 5) is 11.8. The van der Waals surface area contributed by atoms with Crippen LogP contribution >= 0.6 is 0 Å². The van der Waals surface area contributed by atoms with E-state index in [1.807, 2.05) is 30.3 Å². The molecule has 6 heteroatoms. The number of anilines is 1. The van der Waals surface area contributed by atoms with E-state index in [0.717, 1.165) is 61.2 Å². The summed E-state index contributed by atoms with van der Waals surface area (Å²) < 4.78 is 10.5. The number of rotatable bonds is 5. The molecule has 0 spiro atoms. The molecule has 2 aromatic rings. The van der Waals surface area contributed by atoms with Gasteiger partial charge in [0.2, 0.25) is 0 Å². The Morgan fingerprint density at radius 3 is 2.67 bits per heavy atom. The third kappa shape index (κ3) is 4.01. The van der Waals surface area contributed by atoms with Crippen LogP contribution in [0.4, 0.5) is 5.82 Å². The monoisotopic (exact) mass is 328 g/mol. The fourth-order valence-corrected chi connectivity index (χ4v) is 2.81. The van der Waals surface area contributed by atoms with Gasteiger partial charge in [-0.3, -0.25) is 0 Å². The molecule has 24 heavy (non-hydrogen) atoms. The Hall–Kier alpha value is -2.18. The van der Waals surface area contributed by atoms with Crippen LogP contribution in [0.15, 0.2) is 30.3 Å². The summed E-state index contributed by atoms with van der Waals surface area (Å²) in [7, 11) is 3.35. The topological polar surface area (TPSA) is 59.5 Å². The number of aromatic nitrogens is 2. The maximum Gasteiger partial charge on any atom is 0.161 e. The summed E-state index contributed by atoms with van der Waals surface area (Å²) in [5, 5.41) is 3.42. The molecular formula is C18H24N4O2. The minimum absolute atomic E-state index is 0.477. The number of ether oxygens (including phenoxy) is 2. The maximum atomic E-state index is 5.28. The molecule has 0 unspecified atom stereocenters. The van der Waals surface area contributed by atoms with E-state index in [4.69, 9.17) is 14.5 Å². The van der Waals surface area contributed by atoms with Crippen LogP contribution in [0.25, 0.3) is 11.4 Å². The van der Waals surface area contributed by atoms with Crippen molar-refractivity contribution in [3.63, 3.8) is 0 Å². The van der Waals surface area contributed by atoms with Crippen molar-refractivity contribution in [2.75, 3.05) is 45.3 Å². The van der Waals surface area contributed by atoms with Crippen molar-refractivity contribution < 1.29 is 9.47 Å². The molecule has 6 nitrogen and oxygen atoms in total. The van der Waals surface area contributed by atoms with Gasteiger partial charge in [-0.05, 0) is 37.2 Å². The summed E-state index contributed by atoms with van der Waals surface area (Å²) in [5.41, 5.74) is 1.87. The second-order valence-electron chi connectivity index (χ2n) is 5.79. The van der Waals surface area contributed by atoms with E-state index >= 15 is 0 Å². The molecule has 1 aromatic carbocycles. The van der Waals surface area contributed by atoms with Gasteiger partial charge in [-0.2, -0.15) is 0 Å². The smallest absolute Gasteiger partial charge is 0.161 e. The third-order valence-electron chi connectivity index (χ3n) is 4.07. The highest BCUT2D eigenvalue weighted by molar-refractivity contribution is 5.59. The van der Waals surface area contributed by atoms with Crippen molar-refractivity contribution in [1.29, 1.82) is 0 Å². The zero-order valence-electron chi connectivity index (χ0n) is 14.3. The fourth-order valence-electron chi connectivity index (χ4n) is 2.81. The second kappa shape index (κ2) is 8.08. The first-order chi connectivity index (χ1) is 11.8. The van der Waals surface area contributed by atoms with Crippen LogP contribution in [0.2, 0.25) is 0 Å². The summed E-state index contributed by atoms with van der Waals surface area (Å²) in [5.74, 6) is 2.51. The highest BCUT2D eigenvalue weighted by Gasteiger charge is 2.14. The Balaban J connectivity index is 1.94. The molecule has 0 radical (unpaired) electrons. The minimum Gasteiger partial charge on any atom is -0.497 e. The van der Waals surface area contributed by atoms with Crippen molar-refractivity contribution in [3.05, 3.63) is 36.0 Å². The SMILES string of the molecule is COCc1cc(N2CCCNCC2)nc(-c2ccc(OC)cc2)n1. The van der Waals surface area contributed by atoms with E-state index in [0.29, 0.717) is 6.61 Å². The molecule has 2 heterocycles. The van der Waals surface area contributed by atoms with Crippen molar-refractivity contribution in [2.24, 2.45) is 0 Å². The predicted molar refractivity (Wildman–Crippen MR) is 94.4 cm³/mol. The predicted octanol–water partition coefficient (Wildman–Crippen LogP) is 2.10. The van der Waals surface area contributed by atoms with Gasteiger partial charge in [0.1, 0.15) is 11.6 Å². The minimum atomic E-state index is 0.477. The van der Waals surface area contributed by atoms with Gasteiger partial charge >= 0.3 is 0 Å². The molecule has 0 bridgehead atoms. The Morgan fingerprint density at radius 1 is 1.08 bits per heavy atom. The molecule has 1 aliphatic rings. The van der Waals surface area contributed by atoms with E-state index in [1.165, 1.54) is 0 Å². The second-order valence-corrected chi connectivity index (χ2v) is 5.79. The normalized spacial score (nSPS) is 15.2. The van der Waals surface area contributed by atoms with Gasteiger partial charge in [0.25, 0.3) is 0 Å². The summed E-state index contributed by atoms with van der Waals surface area (Å²) in [6, 6.07) is 9.85. The molecule has 0 atom stereocenters. The Kier molecular flexibility index (Phi) is 5.61. The Morgan fingerprint density at radius 2 is 1.92 bits per heavy atom. The molecule has 128 valence electrons. The van der Waals surface area contributed by atoms with Crippen molar-refractivity contribution in [3.8, 4) is 17.1 Å². The van der Waals surface area contributed by atoms with Crippen LogP contribution in [0, 0.1) is 0 Å². The van der Waals surface area contributed by atoms with Crippen molar-refractivity contribution >= 4 is 5.82 Å². The summed E-state index contributed by atoms with van der Waals surface area (Å²) in [6.07, 6.45) is 1.11. The van der Waals surface area contributed by atoms with Gasteiger partial charge in [0, 0.05) is 38.4 Å². The average molecular weight is 328 g/mol. The largest absolute Gasteiger partial charge is 0.497 e. The molecule has 0 amide bonds. The lowest BCUT2D eigenvalue weighted by molar-refractivity contribution is 0.181. The van der Waals surface area contributed by atoms with Crippen molar-refractivity contribution in [2.45, 2.75) is 13.0 Å². The maximum absolute atomic E-state index is 5.28. The lowest BCUT2D eigenvalue weighted by atomic mass is 10.2. The molecule has 1 aliphatic heterocycles. The van der Waals surface area contributed by atoms with E-state index < -0.39 is 0 Å². The van der Waals surface area contributed by atoms with Gasteiger partial charge in [-0.1, -0.05) is 0 Å². The quantitative estimate of drug-likeness (QED) is 0.907. The fraction of sp³-hybridized carbons (Fsp3) is 0.444. The lowest BCUT2D eigenvalue weighted by Crippen LogP contribution is -2.29. The number of nitrogens with zero attached hydrogens (tertiary/aromatic N) is 3. The first-order valence-corrected chi connectivity index (χ1v) is 8.27. The number of benzene rings is 1. The van der Waals surface area contributed by atoms with E-state index in [-0.39, 0.29) is 0 Å². The summed E-state index contributed by atoms with van der Waals surface area (Å²) in [6.45, 7) is 4.45. The highest BCUT2D eigenvalue weighted by atomic mass is 16.5. The van der Waals surface area contributed by atoms with Gasteiger partial charge < -0.3 is 19.7 Å². The van der Waals surface area contributed by atoms with Crippen LogP contribution in [0.5, 0.6) is 5.75 Å². The Bertz CT molecular complexity index is 653. The van der Waals surface area contributed by atoms with Gasteiger partial charge in [-0.15, -0.1) is 0 Å². The van der Waals surface area contributed by atoms with Crippen LogP contribution in [0.3, 0.4) is 0 Å². The van der Waals surface area contributed by atoms with Gasteiger partial charge in [0.05, 0.1) is 19.4 Å². The lowest BCUT2D eigenvalue weighted by Gasteiger charge is -2.22. The first-order valence-electron chi connectivity index (χ1n) is 8.27. The number of hydrogen-bond donors (Lipinski definition) is 1. The third-order valence-corrected chi connectivity index (χ3v) is 4.07. The molecule has 1 fully saturated rings. The Labute approximate surface area is 142 Å². The molecule has 1 aromatic heterocycles. The molecule has 3 rings (SSSR count). The van der Waals surface area contributed by atoms with Crippen LogP contribution in [-0.2, 0) is 11.3 Å². The number of nitrogens with one attached hydrogen (secondary N) is 1. The van der Waals surface area contributed by atoms with Gasteiger partial charge in [-0.25, -0.2) is 9.97 Å². The molecular weight excluding hydrogens is 304 g/mol. The van der Waals surface area contributed by atoms with E-state index in [9.17, 15) is 0 Å². The van der Waals surface area contributed by atoms with E-state index in [2.05, 4.69) is 15.2 Å². The van der Waals surface area contributed by atoms with Crippen LogP contribution < -0.4 is 15.0 Å². The molecule has 1 N–H and O–H groups in total. The zero-order valence-corrected chi connectivity index (χ0v) is 14.3. The van der Waals surface area contributed by atoms with Crippen LogP contribution in [-0.4, -0.2) is 50.4 Å². The summed E-state index contributed by atoms with van der Waals surface area (Å²) >= 11 is 0. The van der Waals surface area contributed by atoms with Crippen LogP contribution in [0.1, 0.15) is 12.1 Å². The van der Waals surface area contributed by atoms with E-state index in [1.54, 1.807) is 14.2 Å². The molecule has 0 saturated carbocycles. The highest BCUT2D eigenvalue weighted by Crippen LogP contribution is 2.23. The number of methoxy groups -OCH3 is 2. The standard InChI is InChI=1S/C18H24N4O2/c1-23-13-15-12-17(22-10-3-8-19-9-11-22)21-18(20-15)14-4-6-16(24-2)7-5-14/h4-7,12,19H,3,8-11,13H2,1-2H3. The molecule has 1 saturated heterocycles. The average Bonchev–Trinajstić information content (AvgIpc) is 2.91.